The number of nitrogens with one attached hydrogen (secondary N) is 1. The highest BCUT2D eigenvalue weighted by Gasteiger charge is 2.06. The molecule has 2 heteroatoms. The van der Waals surface area contributed by atoms with Crippen LogP contribution in [-0.4, -0.2) is 6.67 Å². The van der Waals surface area contributed by atoms with Gasteiger partial charge in [-0.15, -0.1) is 0 Å². The third-order valence-corrected chi connectivity index (χ3v) is 0.809. The van der Waals surface area contributed by atoms with Crippen LogP contribution in [0.4, 0.5) is 0 Å². The third kappa shape index (κ3) is 0.584. The minimum atomic E-state index is 0.940. The van der Waals surface area contributed by atoms with Gasteiger partial charge in [0.15, 0.2) is 0 Å². The van der Waals surface area contributed by atoms with Crippen molar-refractivity contribution >= 4 is 0 Å². The van der Waals surface area contributed by atoms with E-state index < -0.39 is 0 Å². The molecule has 1 heterocycles. The van der Waals surface area contributed by atoms with E-state index in [2.05, 4.69) is 12.0 Å². The van der Waals surface area contributed by atoms with Gasteiger partial charge in [-0.05, 0) is 6.58 Å². The van der Waals surface area contributed by atoms with E-state index in [0.29, 0.717) is 0 Å². The average Bonchev–Trinajstić information content (AvgIpc) is 2.06. The lowest BCUT2D eigenvalue weighted by molar-refractivity contribution is -0.689. The molecule has 0 radical (unpaired) electrons. The van der Waals surface area contributed by atoms with Gasteiger partial charge in [0.1, 0.15) is 0 Å². The summed E-state index contributed by atoms with van der Waals surface area (Å²) in [7, 11) is 0. The molecule has 1 fully saturated rings. The number of hydrogen-bond acceptors (Lipinski definition) is 0. The van der Waals surface area contributed by atoms with E-state index >= 15 is 0 Å². The molecule has 0 aromatic heterocycles. The second kappa shape index (κ2) is 1.06. The highest BCUT2D eigenvalue weighted by molar-refractivity contribution is 4.82. The lowest BCUT2D eigenvalue weighted by Gasteiger charge is -1.93. The number of allylic oxidation sites excluding steroid dienone is 1. The molecule has 1 atom stereocenters. The van der Waals surface area contributed by atoms with Crippen LogP contribution >= 0.6 is 0 Å². The van der Waals surface area contributed by atoms with Gasteiger partial charge in [-0.25, -0.2) is 0 Å². The van der Waals surface area contributed by atoms with Gasteiger partial charge in [0.05, 0.1) is 5.70 Å². The van der Waals surface area contributed by atoms with E-state index in [1.807, 2.05) is 6.92 Å². The summed E-state index contributed by atoms with van der Waals surface area (Å²) in [6.45, 7) is 6.60. The van der Waals surface area contributed by atoms with E-state index in [1.54, 1.807) is 0 Å². The molecule has 1 rings (SSSR count). The summed E-state index contributed by atoms with van der Waals surface area (Å²) in [5.74, 6) is 0. The fourth-order valence-corrected chi connectivity index (χ4v) is 0.309. The van der Waals surface area contributed by atoms with E-state index in [1.165, 1.54) is 5.01 Å². The van der Waals surface area contributed by atoms with Crippen LogP contribution in [-0.2, 0) is 0 Å². The molecule has 0 bridgehead atoms. The maximum atomic E-state index is 3.92. The van der Waals surface area contributed by atoms with Gasteiger partial charge in [-0.2, -0.15) is 0 Å². The van der Waals surface area contributed by atoms with Crippen molar-refractivity contribution < 1.29 is 5.01 Å². The molecule has 1 saturated heterocycles. The Bertz CT molecular complexity index is 73.6. The molecular weight excluding hydrogens is 76.1 g/mol. The molecule has 34 valence electrons. The fraction of sp³-hybridized carbons (Fsp3) is 0.500. The third-order valence-electron chi connectivity index (χ3n) is 0.809. The van der Waals surface area contributed by atoms with Crippen molar-refractivity contribution in [2.75, 3.05) is 6.67 Å². The number of hydrogen-bond donors (Lipinski definition) is 1. The Balaban J connectivity index is 2.31. The van der Waals surface area contributed by atoms with Crippen molar-refractivity contribution in [3.05, 3.63) is 17.7 Å². The Hall–Kier alpha value is -0.340. The molecule has 6 heavy (non-hydrogen) atoms. The predicted octanol–water partition coefficient (Wildman–Crippen LogP) is -0.335. The lowest BCUT2D eigenvalue weighted by Crippen LogP contribution is -2.86. The van der Waals surface area contributed by atoms with Crippen LogP contribution in [0.1, 0.15) is 6.92 Å². The van der Waals surface area contributed by atoms with Gasteiger partial charge in [0.2, 0.25) is 0 Å². The van der Waals surface area contributed by atoms with Gasteiger partial charge >= 0.3 is 0 Å². The summed E-state index contributed by atoms with van der Waals surface area (Å²) in [5.41, 5.74) is 5.04. The molecule has 1 N–H and O–H groups in total. The van der Waals surface area contributed by atoms with Crippen molar-refractivity contribution in [2.45, 2.75) is 6.92 Å². The molecule has 0 saturated carbocycles. The zero-order chi connectivity index (χ0) is 4.57. The van der Waals surface area contributed by atoms with Crippen LogP contribution in [0, 0.1) is 0 Å². The van der Waals surface area contributed by atoms with Gasteiger partial charge < -0.3 is 10.4 Å². The van der Waals surface area contributed by atoms with Gasteiger partial charge in [0, 0.05) is 13.6 Å². The molecule has 0 aliphatic carbocycles. The molecule has 1 aliphatic heterocycles. The highest BCUT2D eigenvalue weighted by Crippen LogP contribution is 1.85. The summed E-state index contributed by atoms with van der Waals surface area (Å²) in [6.07, 6.45) is 0. The van der Waals surface area contributed by atoms with Crippen molar-refractivity contribution in [2.24, 2.45) is 0 Å². The van der Waals surface area contributed by atoms with Crippen molar-refractivity contribution in [3.63, 3.8) is 0 Å². The monoisotopic (exact) mass is 84.1 g/mol. The zero-order valence-electron chi connectivity index (χ0n) is 3.86. The van der Waals surface area contributed by atoms with Crippen molar-refractivity contribution in [3.8, 4) is 0 Å². The van der Waals surface area contributed by atoms with Crippen LogP contribution in [0.2, 0.25) is 0 Å². The highest BCUT2D eigenvalue weighted by atomic mass is 15.7. The molecule has 1 aliphatic rings. The van der Waals surface area contributed by atoms with Crippen molar-refractivity contribution in [1.82, 2.24) is 0 Å². The number of nitrogens with zero attached hydrogens (tertiary/aromatic N) is 1. The molecule has 0 aromatic carbocycles. The lowest BCUT2D eigenvalue weighted by atomic mass is 10.6. The van der Waals surface area contributed by atoms with Gasteiger partial charge in [-0.3, -0.25) is 0 Å². The maximum Gasteiger partial charge on any atom is 0.0862 e. The van der Waals surface area contributed by atoms with Crippen LogP contribution in [0.15, 0.2) is 12.3 Å². The van der Waals surface area contributed by atoms with Crippen LogP contribution in [0.5, 0.6) is 0 Å². The normalized spacial score (nSPS) is 29.8. The molecule has 0 amide bonds. The first-order chi connectivity index (χ1) is 2.80. The van der Waals surface area contributed by atoms with E-state index in [0.717, 1.165) is 12.4 Å². The maximum absolute atomic E-state index is 3.92. The summed E-state index contributed by atoms with van der Waals surface area (Å²) < 4.78 is 0. The topological polar surface area (TPSA) is 18.5 Å². The predicted molar refractivity (Wildman–Crippen MR) is 24.0 cm³/mol. The zero-order valence-corrected chi connectivity index (χ0v) is 3.86. The minimum Gasteiger partial charge on any atom is -0.400 e. The standard InChI is InChI=1S/C4H8N2/c1-4(2)6-3-5-6/h6H,1,3H2,2H3. The van der Waals surface area contributed by atoms with Crippen LogP contribution < -0.4 is 5.01 Å². The van der Waals surface area contributed by atoms with Gasteiger partial charge in [-0.1, -0.05) is 0 Å². The van der Waals surface area contributed by atoms with E-state index in [9.17, 15) is 0 Å². The largest absolute Gasteiger partial charge is 0.400 e. The summed E-state index contributed by atoms with van der Waals surface area (Å²) in [5, 5.41) is 1.19. The SMILES string of the molecule is C=C(C)[NH+]1C[N-]1. The molecule has 2 nitrogen and oxygen atoms in total. The number of rotatable bonds is 1. The molecule has 1 unspecified atom stereocenters. The Labute approximate surface area is 37.4 Å². The second-order valence-electron chi connectivity index (χ2n) is 1.54. The molecule has 0 aromatic rings. The summed E-state index contributed by atoms with van der Waals surface area (Å²) in [4.78, 5) is 0. The van der Waals surface area contributed by atoms with Gasteiger partial charge in [0.25, 0.3) is 0 Å². The Morgan fingerprint density at radius 3 is 2.50 bits per heavy atom. The van der Waals surface area contributed by atoms with E-state index in [4.69, 9.17) is 0 Å². The summed E-state index contributed by atoms with van der Waals surface area (Å²) in [6, 6.07) is 0. The Morgan fingerprint density at radius 2 is 2.50 bits per heavy atom. The van der Waals surface area contributed by atoms with Crippen LogP contribution in [0.25, 0.3) is 5.43 Å². The first kappa shape index (κ1) is 3.84. The number of quaternary nitrogens is 1. The average molecular weight is 84.1 g/mol. The molecule has 0 spiro atoms. The Morgan fingerprint density at radius 1 is 2.00 bits per heavy atom. The Kier molecular flexibility index (Phi) is 0.680. The second-order valence-corrected chi connectivity index (χ2v) is 1.54. The van der Waals surface area contributed by atoms with Crippen LogP contribution in [0.3, 0.4) is 0 Å². The van der Waals surface area contributed by atoms with Crippen molar-refractivity contribution in [1.29, 1.82) is 0 Å². The smallest absolute Gasteiger partial charge is 0.0862 e. The first-order valence-electron chi connectivity index (χ1n) is 2.00. The quantitative estimate of drug-likeness (QED) is 0.419. The summed E-state index contributed by atoms with van der Waals surface area (Å²) >= 11 is 0. The fourth-order valence-electron chi connectivity index (χ4n) is 0.309. The minimum absolute atomic E-state index is 0.940. The first-order valence-corrected chi connectivity index (χ1v) is 2.00. The van der Waals surface area contributed by atoms with E-state index in [-0.39, 0.29) is 0 Å². The molecular formula is C4H8N2.